The fourth-order valence-electron chi connectivity index (χ4n) is 10.2. The summed E-state index contributed by atoms with van der Waals surface area (Å²) in [7, 11) is 1.54. The van der Waals surface area contributed by atoms with Crippen LogP contribution in [0.2, 0.25) is 0 Å². The molecule has 0 bridgehead atoms. The molecule has 1 aromatic carbocycles. The van der Waals surface area contributed by atoms with Gasteiger partial charge >= 0.3 is 6.09 Å². The number of rotatable bonds is 32. The Kier molecular flexibility index (Phi) is 22.6. The molecule has 362 valence electrons. The number of benzene rings is 1. The molecule has 1 aromatic heterocycles. The number of pyridine rings is 1. The SMILES string of the molecule is C=CCO[C@@]12Oc3ccc(OCc4cccc(C)n4)cc3[C@H]3[C@H](CCCCO)[C@@H](CCCCO)C=C(C(=NOC)C[C@@H]1N(CCOCCO)C(=O)OCCCCCCCCCCCC)[C@H]32. The van der Waals surface area contributed by atoms with Gasteiger partial charge in [-0.05, 0) is 86.8 Å². The molecule has 0 saturated heterocycles. The van der Waals surface area contributed by atoms with E-state index in [0.717, 1.165) is 67.5 Å². The first-order valence-electron chi connectivity index (χ1n) is 24.6. The number of aromatic nitrogens is 1. The van der Waals surface area contributed by atoms with E-state index in [9.17, 15) is 20.1 Å². The van der Waals surface area contributed by atoms with E-state index < -0.39 is 23.8 Å². The Hall–Kier alpha value is -4.01. The highest BCUT2D eigenvalue weighted by atomic mass is 16.7. The normalized spacial score (nSPS) is 22.6. The molecule has 1 amide bonds. The van der Waals surface area contributed by atoms with Gasteiger partial charge in [-0.2, -0.15) is 0 Å². The smallest absolute Gasteiger partial charge is 0.410 e. The second kappa shape index (κ2) is 28.2. The van der Waals surface area contributed by atoms with Crippen LogP contribution in [0.4, 0.5) is 4.79 Å². The zero-order chi connectivity index (χ0) is 46.3. The number of aliphatic hydroxyl groups excluding tert-OH is 3. The number of aliphatic hydroxyl groups is 3. The number of allylic oxidation sites excluding steroid dienone is 1. The molecule has 6 atom stereocenters. The number of oxime groups is 1. The lowest BCUT2D eigenvalue weighted by Gasteiger charge is -2.59. The average molecular weight is 906 g/mol. The molecular weight excluding hydrogens is 827 g/mol. The number of hydrogen-bond donors (Lipinski definition) is 3. The van der Waals surface area contributed by atoms with E-state index in [-0.39, 0.29) is 83.6 Å². The van der Waals surface area contributed by atoms with Crippen LogP contribution in [0.5, 0.6) is 11.5 Å². The van der Waals surface area contributed by atoms with Crippen molar-refractivity contribution in [3.63, 3.8) is 0 Å². The van der Waals surface area contributed by atoms with Crippen molar-refractivity contribution in [2.75, 3.05) is 59.9 Å². The van der Waals surface area contributed by atoms with Gasteiger partial charge < -0.3 is 43.8 Å². The fourth-order valence-corrected chi connectivity index (χ4v) is 10.2. The Morgan fingerprint density at radius 1 is 0.923 bits per heavy atom. The average Bonchev–Trinajstić information content (AvgIpc) is 3.31. The van der Waals surface area contributed by atoms with Crippen molar-refractivity contribution in [2.24, 2.45) is 22.9 Å². The Balaban J connectivity index is 1.56. The summed E-state index contributed by atoms with van der Waals surface area (Å²) in [5.74, 6) is -0.657. The minimum Gasteiger partial charge on any atom is -0.487 e. The molecule has 65 heavy (non-hydrogen) atoms. The summed E-state index contributed by atoms with van der Waals surface area (Å²) >= 11 is 0. The number of aryl methyl sites for hydroxylation is 1. The lowest BCUT2D eigenvalue weighted by molar-refractivity contribution is -0.256. The molecule has 3 aliphatic rings. The van der Waals surface area contributed by atoms with Crippen LogP contribution in [0.3, 0.4) is 0 Å². The zero-order valence-corrected chi connectivity index (χ0v) is 39.6. The first-order chi connectivity index (χ1) is 31.8. The van der Waals surface area contributed by atoms with Crippen molar-refractivity contribution < 1.29 is 48.6 Å². The zero-order valence-electron chi connectivity index (χ0n) is 39.6. The topological polar surface area (TPSA) is 162 Å². The maximum Gasteiger partial charge on any atom is 0.410 e. The molecule has 0 radical (unpaired) electrons. The summed E-state index contributed by atoms with van der Waals surface area (Å²) < 4.78 is 32.8. The molecule has 3 N–H and O–H groups in total. The molecule has 13 heteroatoms. The summed E-state index contributed by atoms with van der Waals surface area (Å²) in [6.07, 6.45) is 20.1. The lowest BCUT2D eigenvalue weighted by atomic mass is 9.55. The van der Waals surface area contributed by atoms with Crippen LogP contribution in [0.1, 0.15) is 139 Å². The minimum absolute atomic E-state index is 0.0595. The van der Waals surface area contributed by atoms with Crippen LogP contribution < -0.4 is 9.47 Å². The molecule has 2 aromatic rings. The van der Waals surface area contributed by atoms with E-state index in [1.54, 1.807) is 11.0 Å². The summed E-state index contributed by atoms with van der Waals surface area (Å²) in [5, 5.41) is 34.1. The number of carbonyl (C=O) groups excluding carboxylic acids is 1. The highest BCUT2D eigenvalue weighted by Crippen LogP contribution is 2.62. The van der Waals surface area contributed by atoms with Gasteiger partial charge in [-0.15, -0.1) is 6.58 Å². The van der Waals surface area contributed by atoms with E-state index in [2.05, 4.69) is 35.8 Å². The van der Waals surface area contributed by atoms with Gasteiger partial charge in [0.2, 0.25) is 5.79 Å². The van der Waals surface area contributed by atoms with Gasteiger partial charge in [-0.25, -0.2) is 4.79 Å². The van der Waals surface area contributed by atoms with Crippen LogP contribution in [0, 0.1) is 24.7 Å². The van der Waals surface area contributed by atoms with E-state index in [1.807, 2.05) is 37.3 Å². The van der Waals surface area contributed by atoms with Crippen LogP contribution in [-0.4, -0.2) is 109 Å². The maximum absolute atomic E-state index is 14.6. The number of unbranched alkanes of at least 4 members (excludes halogenated alkanes) is 11. The summed E-state index contributed by atoms with van der Waals surface area (Å²) in [4.78, 5) is 26.6. The van der Waals surface area contributed by atoms with Crippen LogP contribution in [0.25, 0.3) is 0 Å². The third-order valence-electron chi connectivity index (χ3n) is 13.2. The summed E-state index contributed by atoms with van der Waals surface area (Å²) in [6.45, 7) is 9.43. The van der Waals surface area contributed by atoms with Gasteiger partial charge in [-0.1, -0.05) is 101 Å². The van der Waals surface area contributed by atoms with Gasteiger partial charge in [0.25, 0.3) is 0 Å². The molecule has 13 nitrogen and oxygen atoms in total. The molecule has 0 spiro atoms. The van der Waals surface area contributed by atoms with E-state index in [1.165, 1.54) is 52.1 Å². The van der Waals surface area contributed by atoms with Gasteiger partial charge in [-0.3, -0.25) is 9.88 Å². The number of nitrogens with zero attached hydrogens (tertiary/aromatic N) is 3. The molecule has 1 aliphatic heterocycles. The minimum atomic E-state index is -1.43. The quantitative estimate of drug-likeness (QED) is 0.0364. The molecule has 1 saturated carbocycles. The molecule has 0 unspecified atom stereocenters. The van der Waals surface area contributed by atoms with E-state index in [0.29, 0.717) is 30.1 Å². The maximum atomic E-state index is 14.6. The molecule has 2 heterocycles. The van der Waals surface area contributed by atoms with Crippen molar-refractivity contribution in [3.05, 3.63) is 77.7 Å². The number of ether oxygens (including phenoxy) is 5. The Bertz CT molecular complexity index is 1790. The van der Waals surface area contributed by atoms with Crippen LogP contribution >= 0.6 is 0 Å². The summed E-state index contributed by atoms with van der Waals surface area (Å²) in [5.41, 5.74) is 4.34. The van der Waals surface area contributed by atoms with Crippen molar-refractivity contribution in [1.29, 1.82) is 0 Å². The Morgan fingerprint density at radius 3 is 2.35 bits per heavy atom. The van der Waals surface area contributed by atoms with Crippen molar-refractivity contribution >= 4 is 11.8 Å². The molecular formula is C52H79N3O10. The largest absolute Gasteiger partial charge is 0.487 e. The predicted molar refractivity (Wildman–Crippen MR) is 253 cm³/mol. The standard InChI is InChI=1S/C52H79N3O10/c1-5-7-8-9-10-11-12-13-14-19-32-62-51(59)55(27-33-61-34-30-58)48-37-46(54-60-4)44-35-40(22-15-17-28-56)43(24-16-18-29-57)49-45-36-42(63-38-41-23-20-21-39(3)53-41)25-26-47(45)65-52(48,50(44)49)64-31-6-2/h6,20-21,23,25-26,35-36,40,43,48-50,56-58H,2,5,7-19,22,24,27-34,37-38H2,1,3-4H3/t40-,43+,48-,49+,50+,52+/m0/s1. The van der Waals surface area contributed by atoms with Crippen LogP contribution in [-0.2, 0) is 25.7 Å². The monoisotopic (exact) mass is 906 g/mol. The number of amides is 1. The summed E-state index contributed by atoms with van der Waals surface area (Å²) in [6, 6.07) is 11.1. The van der Waals surface area contributed by atoms with Gasteiger partial charge in [0.05, 0.1) is 50.4 Å². The second-order valence-electron chi connectivity index (χ2n) is 17.8. The number of carbonyl (C=O) groups is 1. The van der Waals surface area contributed by atoms with Gasteiger partial charge in [0.1, 0.15) is 31.3 Å². The third-order valence-corrected chi connectivity index (χ3v) is 13.2. The van der Waals surface area contributed by atoms with Crippen molar-refractivity contribution in [2.45, 2.75) is 147 Å². The first kappa shape index (κ1) is 52.0. The third kappa shape index (κ3) is 14.5. The lowest BCUT2D eigenvalue weighted by Crippen LogP contribution is -2.70. The van der Waals surface area contributed by atoms with E-state index >= 15 is 0 Å². The Labute approximate surface area is 388 Å². The highest BCUT2D eigenvalue weighted by molar-refractivity contribution is 6.03. The molecule has 2 aliphatic carbocycles. The Morgan fingerprint density at radius 2 is 1.66 bits per heavy atom. The first-order valence-corrected chi connectivity index (χ1v) is 24.6. The predicted octanol–water partition coefficient (Wildman–Crippen LogP) is 9.60. The fraction of sp³-hybridized carbons (Fsp3) is 0.673. The van der Waals surface area contributed by atoms with Crippen molar-refractivity contribution in [3.8, 4) is 11.5 Å². The van der Waals surface area contributed by atoms with Crippen molar-refractivity contribution in [1.82, 2.24) is 9.88 Å². The molecule has 5 rings (SSSR count). The van der Waals surface area contributed by atoms with Crippen LogP contribution in [0.15, 0.2) is 65.9 Å². The number of fused-ring (bicyclic) bond motifs is 2. The highest BCUT2D eigenvalue weighted by Gasteiger charge is 2.65. The number of hydrogen-bond acceptors (Lipinski definition) is 12. The van der Waals surface area contributed by atoms with Gasteiger partial charge in [0.15, 0.2) is 0 Å². The van der Waals surface area contributed by atoms with E-state index in [4.69, 9.17) is 28.5 Å². The molecule has 1 fully saturated rings. The van der Waals surface area contributed by atoms with Gasteiger partial charge in [0, 0.05) is 43.4 Å². The second-order valence-corrected chi connectivity index (χ2v) is 17.8.